The third-order valence-electron chi connectivity index (χ3n) is 2.95. The zero-order valence-electron chi connectivity index (χ0n) is 11.1. The van der Waals surface area contributed by atoms with Crippen molar-refractivity contribution >= 4 is 0 Å². The normalized spacial score (nSPS) is 13.6. The van der Waals surface area contributed by atoms with Gasteiger partial charge in [0, 0.05) is 12.1 Å². The Kier molecular flexibility index (Phi) is 5.62. The molecular formula is C13H19F3N2O. The van der Waals surface area contributed by atoms with Gasteiger partial charge in [0.25, 0.3) is 0 Å². The molecule has 6 heteroatoms. The molecule has 1 rings (SSSR count). The van der Waals surface area contributed by atoms with Crippen molar-refractivity contribution in [1.29, 1.82) is 0 Å². The lowest BCUT2D eigenvalue weighted by Gasteiger charge is -2.31. The summed E-state index contributed by atoms with van der Waals surface area (Å²) in [5.74, 6) is 0.554. The number of ether oxygens (including phenoxy) is 1. The Morgan fingerprint density at radius 2 is 1.95 bits per heavy atom. The second kappa shape index (κ2) is 6.77. The molecule has 0 fully saturated rings. The molecule has 1 aromatic rings. The Morgan fingerprint density at radius 3 is 2.42 bits per heavy atom. The van der Waals surface area contributed by atoms with E-state index in [2.05, 4.69) is 0 Å². The highest BCUT2D eigenvalue weighted by molar-refractivity contribution is 5.36. The van der Waals surface area contributed by atoms with E-state index in [4.69, 9.17) is 10.5 Å². The van der Waals surface area contributed by atoms with Crippen LogP contribution in [0, 0.1) is 0 Å². The van der Waals surface area contributed by atoms with E-state index >= 15 is 0 Å². The summed E-state index contributed by atoms with van der Waals surface area (Å²) in [6, 6.07) is 6.50. The van der Waals surface area contributed by atoms with Gasteiger partial charge in [0.05, 0.1) is 19.7 Å². The topological polar surface area (TPSA) is 38.5 Å². The average Bonchev–Trinajstić information content (AvgIpc) is 2.37. The zero-order chi connectivity index (χ0) is 14.5. The summed E-state index contributed by atoms with van der Waals surface area (Å²) in [5, 5.41) is 0. The Balaban J connectivity index is 3.03. The molecule has 2 N–H and O–H groups in total. The first-order chi connectivity index (χ1) is 8.92. The van der Waals surface area contributed by atoms with Gasteiger partial charge in [-0.1, -0.05) is 25.1 Å². The van der Waals surface area contributed by atoms with E-state index < -0.39 is 18.8 Å². The quantitative estimate of drug-likeness (QED) is 0.868. The molecule has 0 aliphatic heterocycles. The van der Waals surface area contributed by atoms with Crippen molar-refractivity contribution in [3.8, 4) is 5.75 Å². The van der Waals surface area contributed by atoms with Crippen LogP contribution in [0.3, 0.4) is 0 Å². The lowest BCUT2D eigenvalue weighted by Crippen LogP contribution is -2.40. The number of benzene rings is 1. The van der Waals surface area contributed by atoms with Crippen LogP contribution >= 0.6 is 0 Å². The molecule has 0 radical (unpaired) electrons. The molecule has 19 heavy (non-hydrogen) atoms. The van der Waals surface area contributed by atoms with Gasteiger partial charge in [-0.15, -0.1) is 0 Å². The first-order valence-electron chi connectivity index (χ1n) is 6.06. The van der Waals surface area contributed by atoms with E-state index in [1.54, 1.807) is 31.2 Å². The summed E-state index contributed by atoms with van der Waals surface area (Å²) < 4.78 is 42.9. The SMILES string of the molecule is CCN(CC(F)(F)F)C(CN)c1ccccc1OC. The van der Waals surface area contributed by atoms with Crippen LogP contribution in [0.5, 0.6) is 5.75 Å². The molecule has 0 aliphatic rings. The Morgan fingerprint density at radius 1 is 1.32 bits per heavy atom. The summed E-state index contributed by atoms with van der Waals surface area (Å²) >= 11 is 0. The minimum absolute atomic E-state index is 0.101. The highest BCUT2D eigenvalue weighted by atomic mass is 19.4. The summed E-state index contributed by atoms with van der Waals surface area (Å²) in [4.78, 5) is 1.30. The second-order valence-corrected chi connectivity index (χ2v) is 4.17. The van der Waals surface area contributed by atoms with E-state index in [0.29, 0.717) is 11.3 Å². The standard InChI is InChI=1S/C13H19F3N2O/c1-3-18(9-13(14,15)16)11(8-17)10-6-4-5-7-12(10)19-2/h4-7,11H,3,8-9,17H2,1-2H3. The van der Waals surface area contributed by atoms with Crippen LogP contribution in [0.2, 0.25) is 0 Å². The maximum atomic E-state index is 12.6. The van der Waals surface area contributed by atoms with Crippen molar-refractivity contribution in [3.05, 3.63) is 29.8 Å². The molecule has 0 aliphatic carbocycles. The minimum Gasteiger partial charge on any atom is -0.496 e. The number of likely N-dealkylation sites (N-methyl/N-ethyl adjacent to an activating group) is 1. The van der Waals surface area contributed by atoms with Gasteiger partial charge in [-0.3, -0.25) is 4.90 Å². The molecule has 1 aromatic carbocycles. The Bertz CT molecular complexity index is 396. The summed E-state index contributed by atoms with van der Waals surface area (Å²) in [6.07, 6.45) is -4.24. The molecule has 3 nitrogen and oxygen atoms in total. The summed E-state index contributed by atoms with van der Waals surface area (Å²) in [7, 11) is 1.49. The number of rotatable bonds is 6. The van der Waals surface area contributed by atoms with Crippen LogP contribution in [-0.4, -0.2) is 37.8 Å². The summed E-state index contributed by atoms with van der Waals surface area (Å²) in [5.41, 5.74) is 6.34. The number of nitrogens with two attached hydrogens (primary N) is 1. The van der Waals surface area contributed by atoms with Gasteiger partial charge < -0.3 is 10.5 Å². The highest BCUT2D eigenvalue weighted by Gasteiger charge is 2.33. The molecule has 0 bridgehead atoms. The Hall–Kier alpha value is -1.27. The highest BCUT2D eigenvalue weighted by Crippen LogP contribution is 2.30. The van der Waals surface area contributed by atoms with Gasteiger partial charge in [-0.2, -0.15) is 13.2 Å². The van der Waals surface area contributed by atoms with Crippen molar-refractivity contribution in [1.82, 2.24) is 4.90 Å². The van der Waals surface area contributed by atoms with Crippen LogP contribution in [0.1, 0.15) is 18.5 Å². The van der Waals surface area contributed by atoms with E-state index in [1.165, 1.54) is 12.0 Å². The number of para-hydroxylation sites is 1. The third-order valence-corrected chi connectivity index (χ3v) is 2.95. The van der Waals surface area contributed by atoms with Gasteiger partial charge in [0.15, 0.2) is 0 Å². The smallest absolute Gasteiger partial charge is 0.401 e. The molecular weight excluding hydrogens is 257 g/mol. The van der Waals surface area contributed by atoms with Crippen LogP contribution in [-0.2, 0) is 0 Å². The second-order valence-electron chi connectivity index (χ2n) is 4.17. The van der Waals surface area contributed by atoms with E-state index in [9.17, 15) is 13.2 Å². The van der Waals surface area contributed by atoms with Gasteiger partial charge in [0.1, 0.15) is 5.75 Å². The maximum absolute atomic E-state index is 12.6. The lowest BCUT2D eigenvalue weighted by atomic mass is 10.0. The predicted molar refractivity (Wildman–Crippen MR) is 68.1 cm³/mol. The number of alkyl halides is 3. The zero-order valence-corrected chi connectivity index (χ0v) is 11.1. The Labute approximate surface area is 111 Å². The number of methoxy groups -OCH3 is 1. The van der Waals surface area contributed by atoms with E-state index in [-0.39, 0.29) is 13.1 Å². The van der Waals surface area contributed by atoms with Crippen LogP contribution in [0.4, 0.5) is 13.2 Å². The number of hydrogen-bond donors (Lipinski definition) is 1. The first kappa shape index (κ1) is 15.8. The fraction of sp³-hybridized carbons (Fsp3) is 0.538. The van der Waals surface area contributed by atoms with Crippen molar-refractivity contribution in [2.75, 3.05) is 26.7 Å². The summed E-state index contributed by atoms with van der Waals surface area (Å²) in [6.45, 7) is 1.07. The molecule has 0 heterocycles. The molecule has 0 spiro atoms. The fourth-order valence-electron chi connectivity index (χ4n) is 2.09. The maximum Gasteiger partial charge on any atom is 0.401 e. The fourth-order valence-corrected chi connectivity index (χ4v) is 2.09. The van der Waals surface area contributed by atoms with Crippen LogP contribution < -0.4 is 10.5 Å². The van der Waals surface area contributed by atoms with Crippen LogP contribution in [0.15, 0.2) is 24.3 Å². The number of nitrogens with zero attached hydrogens (tertiary/aromatic N) is 1. The third kappa shape index (κ3) is 4.40. The van der Waals surface area contributed by atoms with E-state index in [1.807, 2.05) is 0 Å². The average molecular weight is 276 g/mol. The van der Waals surface area contributed by atoms with Crippen molar-refractivity contribution in [2.24, 2.45) is 5.73 Å². The number of halogens is 3. The van der Waals surface area contributed by atoms with Gasteiger partial charge in [-0.25, -0.2) is 0 Å². The monoisotopic (exact) mass is 276 g/mol. The number of hydrogen-bond acceptors (Lipinski definition) is 3. The minimum atomic E-state index is -4.24. The first-order valence-corrected chi connectivity index (χ1v) is 6.06. The van der Waals surface area contributed by atoms with Crippen molar-refractivity contribution < 1.29 is 17.9 Å². The van der Waals surface area contributed by atoms with Crippen molar-refractivity contribution in [2.45, 2.75) is 19.1 Å². The van der Waals surface area contributed by atoms with E-state index in [0.717, 1.165) is 0 Å². The molecule has 108 valence electrons. The molecule has 1 atom stereocenters. The van der Waals surface area contributed by atoms with Gasteiger partial charge in [0.2, 0.25) is 0 Å². The molecule has 0 saturated carbocycles. The van der Waals surface area contributed by atoms with Crippen molar-refractivity contribution in [3.63, 3.8) is 0 Å². The molecule has 0 saturated heterocycles. The predicted octanol–water partition coefficient (Wildman–Crippen LogP) is 2.58. The molecule has 0 aromatic heterocycles. The van der Waals surface area contributed by atoms with Crippen LogP contribution in [0.25, 0.3) is 0 Å². The molecule has 0 amide bonds. The van der Waals surface area contributed by atoms with Gasteiger partial charge in [-0.05, 0) is 12.6 Å². The van der Waals surface area contributed by atoms with Gasteiger partial charge >= 0.3 is 6.18 Å². The molecule has 1 unspecified atom stereocenters. The largest absolute Gasteiger partial charge is 0.496 e. The lowest BCUT2D eigenvalue weighted by molar-refractivity contribution is -0.150.